The van der Waals surface area contributed by atoms with Gasteiger partial charge >= 0.3 is 6.16 Å². The van der Waals surface area contributed by atoms with Crippen molar-refractivity contribution in [2.45, 2.75) is 79.2 Å². The van der Waals surface area contributed by atoms with Crippen molar-refractivity contribution in [2.75, 3.05) is 6.61 Å². The molecule has 0 amide bonds. The lowest BCUT2D eigenvalue weighted by Crippen LogP contribution is -2.31. The molecule has 0 bridgehead atoms. The van der Waals surface area contributed by atoms with Crippen molar-refractivity contribution in [3.8, 4) is 0 Å². The fourth-order valence-electron chi connectivity index (χ4n) is 2.16. The quantitative estimate of drug-likeness (QED) is 0.274. The highest BCUT2D eigenvalue weighted by molar-refractivity contribution is 5.58. The lowest BCUT2D eigenvalue weighted by atomic mass is 9.84. The number of rotatable bonds is 8. The zero-order chi connectivity index (χ0) is 14.9. The molecule has 0 aliphatic heterocycles. The maximum atomic E-state index is 11.3. The Morgan fingerprint density at radius 2 is 1.63 bits per heavy atom. The molecule has 0 fully saturated rings. The maximum Gasteiger partial charge on any atom is 0.540 e. The third-order valence-electron chi connectivity index (χ3n) is 2.51. The SMILES string of the molecule is CCCCCCOC(=O)OOC(C)(C)CC(C)(C)C. The van der Waals surface area contributed by atoms with Crippen molar-refractivity contribution in [1.82, 2.24) is 0 Å². The van der Waals surface area contributed by atoms with Crippen LogP contribution in [0.4, 0.5) is 4.79 Å². The van der Waals surface area contributed by atoms with Crippen LogP contribution in [0, 0.1) is 5.41 Å². The van der Waals surface area contributed by atoms with Crippen LogP contribution in [0.5, 0.6) is 0 Å². The van der Waals surface area contributed by atoms with Gasteiger partial charge in [0.1, 0.15) is 5.60 Å². The number of carbonyl (C=O) groups is 1. The van der Waals surface area contributed by atoms with E-state index in [0.29, 0.717) is 6.61 Å². The van der Waals surface area contributed by atoms with Crippen LogP contribution in [-0.2, 0) is 14.5 Å². The van der Waals surface area contributed by atoms with Gasteiger partial charge in [-0.25, -0.2) is 4.79 Å². The third kappa shape index (κ3) is 12.0. The van der Waals surface area contributed by atoms with E-state index < -0.39 is 11.8 Å². The van der Waals surface area contributed by atoms with Gasteiger partial charge in [-0.3, -0.25) is 4.89 Å². The first-order valence-electron chi connectivity index (χ1n) is 7.19. The first kappa shape index (κ1) is 18.2. The van der Waals surface area contributed by atoms with E-state index in [4.69, 9.17) is 14.5 Å². The van der Waals surface area contributed by atoms with Crippen LogP contribution >= 0.6 is 0 Å². The Morgan fingerprint density at radius 1 is 1.00 bits per heavy atom. The predicted molar refractivity (Wildman–Crippen MR) is 75.8 cm³/mol. The minimum Gasteiger partial charge on any atom is -0.432 e. The predicted octanol–water partition coefficient (Wildman–Crippen LogP) is 4.87. The van der Waals surface area contributed by atoms with E-state index in [2.05, 4.69) is 27.7 Å². The minimum atomic E-state index is -0.751. The average molecular weight is 274 g/mol. The van der Waals surface area contributed by atoms with Gasteiger partial charge in [-0.15, -0.1) is 0 Å². The molecule has 19 heavy (non-hydrogen) atoms. The summed E-state index contributed by atoms with van der Waals surface area (Å²) in [5.41, 5.74) is -0.406. The topological polar surface area (TPSA) is 44.8 Å². The van der Waals surface area contributed by atoms with Crippen LogP contribution in [0.1, 0.15) is 73.6 Å². The number of ether oxygens (including phenoxy) is 1. The molecular weight excluding hydrogens is 244 g/mol. The Balaban J connectivity index is 3.77. The maximum absolute atomic E-state index is 11.3. The van der Waals surface area contributed by atoms with Crippen LogP contribution in [0.2, 0.25) is 0 Å². The van der Waals surface area contributed by atoms with Gasteiger partial charge in [0.15, 0.2) is 0 Å². The molecule has 4 heteroatoms. The summed E-state index contributed by atoms with van der Waals surface area (Å²) in [6.45, 7) is 12.7. The molecule has 0 heterocycles. The smallest absolute Gasteiger partial charge is 0.432 e. The fourth-order valence-corrected chi connectivity index (χ4v) is 2.16. The average Bonchev–Trinajstić information content (AvgIpc) is 2.23. The van der Waals surface area contributed by atoms with E-state index in [1.807, 2.05) is 13.8 Å². The molecule has 0 saturated heterocycles. The van der Waals surface area contributed by atoms with Crippen LogP contribution in [0.15, 0.2) is 0 Å². The molecule has 0 aromatic heterocycles. The highest BCUT2D eigenvalue weighted by Gasteiger charge is 2.29. The van der Waals surface area contributed by atoms with E-state index >= 15 is 0 Å². The largest absolute Gasteiger partial charge is 0.540 e. The van der Waals surface area contributed by atoms with Crippen molar-refractivity contribution >= 4 is 6.16 Å². The number of hydrogen-bond donors (Lipinski definition) is 0. The number of carbonyl (C=O) groups excluding carboxylic acids is 1. The summed E-state index contributed by atoms with van der Waals surface area (Å²) >= 11 is 0. The summed E-state index contributed by atoms with van der Waals surface area (Å²) in [7, 11) is 0. The summed E-state index contributed by atoms with van der Waals surface area (Å²) in [5, 5.41) is 0. The van der Waals surface area contributed by atoms with Gasteiger partial charge in [0.05, 0.1) is 6.61 Å². The lowest BCUT2D eigenvalue weighted by Gasteiger charge is -2.30. The molecule has 0 aliphatic rings. The molecule has 114 valence electrons. The molecule has 0 aromatic carbocycles. The second-order valence-electron chi connectivity index (χ2n) is 6.82. The van der Waals surface area contributed by atoms with E-state index in [-0.39, 0.29) is 5.41 Å². The van der Waals surface area contributed by atoms with E-state index in [1.165, 1.54) is 0 Å². The molecule has 0 rings (SSSR count). The minimum absolute atomic E-state index is 0.108. The van der Waals surface area contributed by atoms with Gasteiger partial charge in [0, 0.05) is 0 Å². The van der Waals surface area contributed by atoms with Crippen LogP contribution in [0.25, 0.3) is 0 Å². The van der Waals surface area contributed by atoms with Gasteiger partial charge < -0.3 is 4.74 Å². The van der Waals surface area contributed by atoms with Crippen molar-refractivity contribution in [2.24, 2.45) is 5.41 Å². The molecule has 0 atom stereocenters. The van der Waals surface area contributed by atoms with Crippen LogP contribution in [-0.4, -0.2) is 18.4 Å². The van der Waals surface area contributed by atoms with E-state index in [9.17, 15) is 4.79 Å². The van der Waals surface area contributed by atoms with E-state index in [1.54, 1.807) is 0 Å². The normalized spacial score (nSPS) is 12.3. The first-order chi connectivity index (χ1) is 8.66. The molecule has 0 radical (unpaired) electrons. The summed E-state index contributed by atoms with van der Waals surface area (Å²) in [6, 6.07) is 0. The van der Waals surface area contributed by atoms with Gasteiger partial charge in [-0.05, 0) is 32.1 Å². The summed E-state index contributed by atoms with van der Waals surface area (Å²) in [4.78, 5) is 21.2. The van der Waals surface area contributed by atoms with E-state index in [0.717, 1.165) is 32.1 Å². The molecule has 0 aliphatic carbocycles. The summed E-state index contributed by atoms with van der Waals surface area (Å²) in [6.07, 6.45) is 4.29. The monoisotopic (exact) mass is 274 g/mol. The zero-order valence-electron chi connectivity index (χ0n) is 13.4. The molecule has 0 spiro atoms. The molecule has 0 aromatic rings. The molecule has 4 nitrogen and oxygen atoms in total. The molecule has 0 N–H and O–H groups in total. The second-order valence-corrected chi connectivity index (χ2v) is 6.82. The zero-order valence-corrected chi connectivity index (χ0v) is 13.4. The van der Waals surface area contributed by atoms with Crippen molar-refractivity contribution in [3.63, 3.8) is 0 Å². The van der Waals surface area contributed by atoms with Crippen molar-refractivity contribution in [3.05, 3.63) is 0 Å². The second kappa shape index (κ2) is 8.41. The van der Waals surface area contributed by atoms with Gasteiger partial charge in [0.25, 0.3) is 0 Å². The van der Waals surface area contributed by atoms with Crippen LogP contribution < -0.4 is 0 Å². The molecule has 0 unspecified atom stereocenters. The highest BCUT2D eigenvalue weighted by atomic mass is 17.2. The van der Waals surface area contributed by atoms with Gasteiger partial charge in [-0.2, -0.15) is 4.89 Å². The van der Waals surface area contributed by atoms with Crippen LogP contribution in [0.3, 0.4) is 0 Å². The Morgan fingerprint density at radius 3 is 2.16 bits per heavy atom. The summed E-state index contributed by atoms with van der Waals surface area (Å²) in [5.74, 6) is 0. The standard InChI is InChI=1S/C15H30O4/c1-7-8-9-10-11-17-13(16)18-19-15(5,6)12-14(2,3)4/h7-12H2,1-6H3. The molecule has 0 saturated carbocycles. The Bertz CT molecular complexity index is 253. The van der Waals surface area contributed by atoms with Gasteiger partial charge in [0.2, 0.25) is 0 Å². The highest BCUT2D eigenvalue weighted by Crippen LogP contribution is 2.29. The Hall–Kier alpha value is -0.770. The number of unbranched alkanes of at least 4 members (excludes halogenated alkanes) is 3. The van der Waals surface area contributed by atoms with Crippen molar-refractivity contribution in [1.29, 1.82) is 0 Å². The van der Waals surface area contributed by atoms with Crippen molar-refractivity contribution < 1.29 is 19.3 Å². The Labute approximate surface area is 117 Å². The van der Waals surface area contributed by atoms with Gasteiger partial charge in [-0.1, -0.05) is 47.0 Å². The fraction of sp³-hybridized carbons (Fsp3) is 0.933. The molecular formula is C15H30O4. The first-order valence-corrected chi connectivity index (χ1v) is 7.19. The third-order valence-corrected chi connectivity index (χ3v) is 2.51. The Kier molecular flexibility index (Phi) is 8.07. The number of hydrogen-bond acceptors (Lipinski definition) is 4. The lowest BCUT2D eigenvalue weighted by molar-refractivity contribution is -0.322. The summed E-state index contributed by atoms with van der Waals surface area (Å²) < 4.78 is 4.93.